The molecule has 1 aliphatic rings. The predicted octanol–water partition coefficient (Wildman–Crippen LogP) is 4.61. The molecule has 0 aliphatic carbocycles. The van der Waals surface area contributed by atoms with Crippen LogP contribution >= 0.6 is 0 Å². The Morgan fingerprint density at radius 2 is 1.75 bits per heavy atom. The second kappa shape index (κ2) is 10.4. The van der Waals surface area contributed by atoms with Crippen LogP contribution in [0.25, 0.3) is 0 Å². The van der Waals surface area contributed by atoms with Crippen LogP contribution in [0, 0.1) is 0 Å². The zero-order valence-electron chi connectivity index (χ0n) is 16.6. The van der Waals surface area contributed by atoms with Crippen LogP contribution in [0.15, 0.2) is 34.3 Å². The van der Waals surface area contributed by atoms with Gasteiger partial charge in [0, 0.05) is 17.7 Å². The van der Waals surface area contributed by atoms with Crippen LogP contribution in [0.5, 0.6) is 0 Å². The fourth-order valence-electron chi connectivity index (χ4n) is 3.13. The van der Waals surface area contributed by atoms with Crippen LogP contribution in [0.2, 0.25) is 0 Å². The Balaban J connectivity index is 1.94. The molecule has 0 radical (unpaired) electrons. The number of ether oxygens (including phenoxy) is 1. The van der Waals surface area contributed by atoms with Crippen molar-refractivity contribution in [2.75, 3.05) is 11.9 Å². The first-order valence-electron chi connectivity index (χ1n) is 9.97. The number of benzene rings is 1. The molecule has 0 atom stereocenters. The van der Waals surface area contributed by atoms with E-state index in [1.54, 1.807) is 6.92 Å². The molecule has 1 aromatic carbocycles. The minimum Gasteiger partial charge on any atom is -0.500 e. The number of fused-ring (bicyclic) bond motifs is 1. The minimum atomic E-state index is -3.87. The third-order valence-electron chi connectivity index (χ3n) is 4.68. The van der Waals surface area contributed by atoms with Gasteiger partial charge < -0.3 is 10.1 Å². The van der Waals surface area contributed by atoms with Crippen molar-refractivity contribution in [1.82, 2.24) is 0 Å². The summed E-state index contributed by atoms with van der Waals surface area (Å²) in [4.78, 5) is 24.1. The van der Waals surface area contributed by atoms with E-state index in [-0.39, 0.29) is 27.9 Å². The number of carbonyl (C=O) groups is 2. The van der Waals surface area contributed by atoms with Crippen LogP contribution in [0.3, 0.4) is 0 Å². The van der Waals surface area contributed by atoms with Gasteiger partial charge in [-0.15, -0.1) is 0 Å². The number of ketones is 1. The molecule has 0 bridgehead atoms. The number of carbonyl (C=O) groups excluding carboxylic acids is 2. The van der Waals surface area contributed by atoms with Crippen molar-refractivity contribution in [3.05, 3.63) is 34.9 Å². The minimum absolute atomic E-state index is 0.0477. The highest BCUT2D eigenvalue weighted by Crippen LogP contribution is 2.35. The van der Waals surface area contributed by atoms with Crippen LogP contribution in [-0.4, -0.2) is 26.7 Å². The molecule has 2 rings (SSSR count). The smallest absolute Gasteiger partial charge is 0.224 e. The highest BCUT2D eigenvalue weighted by Gasteiger charge is 2.40. The first-order valence-corrected chi connectivity index (χ1v) is 11.5. The molecule has 1 N–H and O–H groups in total. The summed E-state index contributed by atoms with van der Waals surface area (Å²) < 4.78 is 29.9. The fraction of sp³-hybridized carbons (Fsp3) is 0.524. The van der Waals surface area contributed by atoms with Crippen molar-refractivity contribution in [3.63, 3.8) is 0 Å². The molecule has 0 unspecified atom stereocenters. The average Bonchev–Trinajstić information content (AvgIpc) is 2.85. The summed E-state index contributed by atoms with van der Waals surface area (Å²) in [6, 6.07) is 4.29. The molecule has 7 heteroatoms. The Hall–Kier alpha value is -2.15. The van der Waals surface area contributed by atoms with Gasteiger partial charge in [0.1, 0.15) is 6.26 Å². The van der Waals surface area contributed by atoms with Crippen molar-refractivity contribution in [1.29, 1.82) is 0 Å². The molecular formula is C21H29NO5S. The van der Waals surface area contributed by atoms with Crippen LogP contribution < -0.4 is 5.32 Å². The van der Waals surface area contributed by atoms with Gasteiger partial charge in [0.25, 0.3) is 0 Å². The Kier molecular flexibility index (Phi) is 8.23. The molecule has 1 aromatic rings. The van der Waals surface area contributed by atoms with Crippen molar-refractivity contribution < 1.29 is 22.7 Å². The summed E-state index contributed by atoms with van der Waals surface area (Å²) in [5, 5.41) is 2.75. The van der Waals surface area contributed by atoms with Gasteiger partial charge in [-0.25, -0.2) is 8.42 Å². The highest BCUT2D eigenvalue weighted by molar-refractivity contribution is 7.97. The molecule has 0 saturated heterocycles. The van der Waals surface area contributed by atoms with Crippen LogP contribution in [0.4, 0.5) is 5.69 Å². The molecule has 1 aliphatic heterocycles. The third-order valence-corrected chi connectivity index (χ3v) is 6.47. The molecule has 0 fully saturated rings. The Labute approximate surface area is 167 Å². The van der Waals surface area contributed by atoms with E-state index in [0.29, 0.717) is 12.1 Å². The number of allylic oxidation sites excluding steroid dienone is 1. The number of Topliss-reactive ketones (excluding diaryl/α,β-unsaturated/α-hetero) is 1. The molecule has 0 aromatic heterocycles. The van der Waals surface area contributed by atoms with Crippen molar-refractivity contribution >= 4 is 27.2 Å². The molecule has 6 nitrogen and oxygen atoms in total. The van der Waals surface area contributed by atoms with E-state index in [9.17, 15) is 18.0 Å². The highest BCUT2D eigenvalue weighted by atomic mass is 32.2. The van der Waals surface area contributed by atoms with Gasteiger partial charge in [-0.3, -0.25) is 9.59 Å². The Morgan fingerprint density at radius 3 is 2.43 bits per heavy atom. The lowest BCUT2D eigenvalue weighted by atomic mass is 10.1. The topological polar surface area (TPSA) is 89.5 Å². The molecule has 154 valence electrons. The normalized spacial score (nSPS) is 16.2. The number of hydrogen-bond donors (Lipinski definition) is 1. The van der Waals surface area contributed by atoms with Gasteiger partial charge in [0.05, 0.1) is 11.5 Å². The van der Waals surface area contributed by atoms with Crippen molar-refractivity contribution in [3.8, 4) is 0 Å². The lowest BCUT2D eigenvalue weighted by Crippen LogP contribution is -2.11. The van der Waals surface area contributed by atoms with E-state index >= 15 is 0 Å². The molecule has 0 saturated carbocycles. The van der Waals surface area contributed by atoms with E-state index in [1.165, 1.54) is 43.9 Å². The monoisotopic (exact) mass is 407 g/mol. The summed E-state index contributed by atoms with van der Waals surface area (Å²) >= 11 is 0. The van der Waals surface area contributed by atoms with Crippen molar-refractivity contribution in [2.45, 2.75) is 70.1 Å². The first kappa shape index (κ1) is 22.1. The van der Waals surface area contributed by atoms with Gasteiger partial charge >= 0.3 is 0 Å². The third kappa shape index (κ3) is 5.44. The van der Waals surface area contributed by atoms with Crippen molar-refractivity contribution in [2.24, 2.45) is 0 Å². The molecule has 1 heterocycles. The lowest BCUT2D eigenvalue weighted by molar-refractivity contribution is -0.116. The lowest BCUT2D eigenvalue weighted by Gasteiger charge is -2.06. The number of amides is 1. The summed E-state index contributed by atoms with van der Waals surface area (Å²) in [5.74, 6) is -0.737. The van der Waals surface area contributed by atoms with Crippen LogP contribution in [-0.2, 0) is 19.4 Å². The number of rotatable bonds is 11. The van der Waals surface area contributed by atoms with E-state index in [2.05, 4.69) is 12.2 Å². The maximum Gasteiger partial charge on any atom is 0.224 e. The number of hydrogen-bond acceptors (Lipinski definition) is 5. The number of anilines is 1. The summed E-state index contributed by atoms with van der Waals surface area (Å²) in [6.07, 6.45) is 9.30. The number of nitrogens with one attached hydrogen (secondary N) is 1. The molecular weight excluding hydrogens is 378 g/mol. The predicted molar refractivity (Wildman–Crippen MR) is 109 cm³/mol. The number of unbranched alkanes of at least 4 members (excludes halogenated alkanes) is 6. The maximum absolute atomic E-state index is 12.4. The maximum atomic E-state index is 12.4. The zero-order valence-corrected chi connectivity index (χ0v) is 17.4. The van der Waals surface area contributed by atoms with E-state index < -0.39 is 15.6 Å². The second-order valence-electron chi connectivity index (χ2n) is 6.90. The molecule has 0 spiro atoms. The standard InChI is InChI=1S/C21H29NO5S/c1-3-5-6-7-8-9-10-11-20(23)22-16-12-13-18-17(14-16)21(24)19(15-27-4-2)28(18,25)26/h12-15H,3-11H2,1-2H3,(H,22,23). The summed E-state index contributed by atoms with van der Waals surface area (Å²) in [7, 11) is -3.87. The molecule has 28 heavy (non-hydrogen) atoms. The van der Waals surface area contributed by atoms with Gasteiger partial charge in [-0.1, -0.05) is 45.4 Å². The van der Waals surface area contributed by atoms with Gasteiger partial charge in [-0.05, 0) is 31.5 Å². The summed E-state index contributed by atoms with van der Waals surface area (Å²) in [6.45, 7) is 4.15. The largest absolute Gasteiger partial charge is 0.500 e. The average molecular weight is 408 g/mol. The van der Waals surface area contributed by atoms with E-state index in [0.717, 1.165) is 25.5 Å². The zero-order chi connectivity index (χ0) is 20.6. The summed E-state index contributed by atoms with van der Waals surface area (Å²) in [5.41, 5.74) is 0.493. The van der Waals surface area contributed by atoms with E-state index in [1.807, 2.05) is 0 Å². The van der Waals surface area contributed by atoms with Crippen LogP contribution in [0.1, 0.15) is 75.6 Å². The van der Waals surface area contributed by atoms with Gasteiger partial charge in [0.15, 0.2) is 4.91 Å². The molecule has 1 amide bonds. The van der Waals surface area contributed by atoms with E-state index in [4.69, 9.17) is 4.74 Å². The van der Waals surface area contributed by atoms with Gasteiger partial charge in [-0.2, -0.15) is 0 Å². The fourth-order valence-corrected chi connectivity index (χ4v) is 4.61. The SMILES string of the molecule is CCCCCCCCCC(=O)Nc1ccc2c(c1)C(=O)C(=COCC)S2(=O)=O. The quantitative estimate of drug-likeness (QED) is 0.329. The first-order chi connectivity index (χ1) is 13.4. The Morgan fingerprint density at radius 1 is 1.07 bits per heavy atom. The second-order valence-corrected chi connectivity index (χ2v) is 8.79. The van der Waals surface area contributed by atoms with Gasteiger partial charge in [0.2, 0.25) is 21.5 Å². The number of sulfone groups is 1. The Bertz CT molecular complexity index is 842.